The fourth-order valence-electron chi connectivity index (χ4n) is 7.01. The number of nitrogens with zero attached hydrogens (tertiary/aromatic N) is 2. The number of aromatic nitrogens is 1. The van der Waals surface area contributed by atoms with Gasteiger partial charge in [0.2, 0.25) is 0 Å². The molecule has 1 aliphatic carbocycles. The lowest BCUT2D eigenvalue weighted by atomic mass is 9.82. The molecule has 0 atom stereocenters. The van der Waals surface area contributed by atoms with Crippen LogP contribution in [0.3, 0.4) is 0 Å². The van der Waals surface area contributed by atoms with E-state index in [-0.39, 0.29) is 5.41 Å². The van der Waals surface area contributed by atoms with Crippen LogP contribution in [0, 0.1) is 13.8 Å². The third kappa shape index (κ3) is 3.94. The minimum absolute atomic E-state index is 0.142. The second-order valence-corrected chi connectivity index (χ2v) is 12.5. The molecule has 0 saturated heterocycles. The minimum Gasteiger partial charge on any atom is -0.310 e. The highest BCUT2D eigenvalue weighted by atomic mass is 15.1. The molecular weight excluding hydrogens is 520 g/mol. The van der Waals surface area contributed by atoms with E-state index >= 15 is 0 Å². The number of benzene rings is 6. The first-order valence-corrected chi connectivity index (χ1v) is 15.1. The molecule has 7 aromatic rings. The number of anilines is 3. The van der Waals surface area contributed by atoms with Crippen molar-refractivity contribution >= 4 is 38.9 Å². The molecule has 0 fully saturated rings. The van der Waals surface area contributed by atoms with Crippen LogP contribution in [0.5, 0.6) is 0 Å². The lowest BCUT2D eigenvalue weighted by Crippen LogP contribution is -2.16. The van der Waals surface area contributed by atoms with Gasteiger partial charge in [0.15, 0.2) is 0 Å². The highest BCUT2D eigenvalue weighted by Gasteiger charge is 2.37. The lowest BCUT2D eigenvalue weighted by Gasteiger charge is -2.28. The maximum Gasteiger partial charge on any atom is 0.0547 e. The summed E-state index contributed by atoms with van der Waals surface area (Å²) < 4.78 is 2.42. The number of fused-ring (bicyclic) bond motifs is 6. The maximum absolute atomic E-state index is 2.46. The van der Waals surface area contributed by atoms with Crippen molar-refractivity contribution in [3.63, 3.8) is 0 Å². The molecule has 0 N–H and O–H groups in total. The summed E-state index contributed by atoms with van der Waals surface area (Å²) in [5.41, 5.74) is 15.0. The average Bonchev–Trinajstić information content (AvgIpc) is 3.47. The van der Waals surface area contributed by atoms with Crippen molar-refractivity contribution in [2.24, 2.45) is 0 Å². The van der Waals surface area contributed by atoms with Crippen molar-refractivity contribution in [1.82, 2.24) is 4.57 Å². The van der Waals surface area contributed by atoms with Crippen LogP contribution < -0.4 is 4.90 Å². The summed E-state index contributed by atoms with van der Waals surface area (Å²) in [6.07, 6.45) is 0. The predicted molar refractivity (Wildman–Crippen MR) is 183 cm³/mol. The van der Waals surface area contributed by atoms with Crippen LogP contribution in [-0.4, -0.2) is 4.57 Å². The molecule has 2 heteroatoms. The van der Waals surface area contributed by atoms with Crippen LogP contribution in [0.15, 0.2) is 133 Å². The van der Waals surface area contributed by atoms with E-state index in [0.717, 1.165) is 11.4 Å². The molecule has 8 rings (SSSR count). The second kappa shape index (κ2) is 9.47. The molecule has 0 bridgehead atoms. The van der Waals surface area contributed by atoms with Gasteiger partial charge in [-0.05, 0) is 103 Å². The summed E-state index contributed by atoms with van der Waals surface area (Å²) >= 11 is 0. The summed E-state index contributed by atoms with van der Waals surface area (Å²) in [5, 5.41) is 2.60. The Morgan fingerprint density at radius 2 is 1.07 bits per heavy atom. The van der Waals surface area contributed by atoms with Crippen molar-refractivity contribution in [3.8, 4) is 16.8 Å². The molecule has 0 unspecified atom stereocenters. The molecule has 1 heterocycles. The first kappa shape index (κ1) is 25.6. The molecule has 6 aromatic carbocycles. The Labute approximate surface area is 253 Å². The van der Waals surface area contributed by atoms with E-state index in [1.54, 1.807) is 0 Å². The van der Waals surface area contributed by atoms with Crippen molar-refractivity contribution < 1.29 is 0 Å². The van der Waals surface area contributed by atoms with Crippen LogP contribution in [0.1, 0.15) is 36.1 Å². The normalized spacial score (nSPS) is 13.3. The van der Waals surface area contributed by atoms with Gasteiger partial charge in [0.05, 0.1) is 11.0 Å². The van der Waals surface area contributed by atoms with E-state index in [9.17, 15) is 0 Å². The van der Waals surface area contributed by atoms with Gasteiger partial charge in [0.1, 0.15) is 0 Å². The molecule has 0 amide bonds. The zero-order valence-corrected chi connectivity index (χ0v) is 25.1. The molecule has 1 aliphatic rings. The van der Waals surface area contributed by atoms with Gasteiger partial charge >= 0.3 is 0 Å². The Bertz CT molecular complexity index is 2100. The van der Waals surface area contributed by atoms with E-state index in [0.29, 0.717) is 0 Å². The Hall–Kier alpha value is -5.08. The summed E-state index contributed by atoms with van der Waals surface area (Å²) in [6.45, 7) is 9.05. The molecule has 2 nitrogen and oxygen atoms in total. The maximum atomic E-state index is 2.46. The monoisotopic (exact) mass is 554 g/mol. The zero-order valence-electron chi connectivity index (χ0n) is 25.1. The largest absolute Gasteiger partial charge is 0.310 e. The smallest absolute Gasteiger partial charge is 0.0547 e. The Morgan fingerprint density at radius 3 is 1.74 bits per heavy atom. The van der Waals surface area contributed by atoms with Gasteiger partial charge in [-0.15, -0.1) is 0 Å². The fourth-order valence-corrected chi connectivity index (χ4v) is 7.01. The van der Waals surface area contributed by atoms with Crippen LogP contribution >= 0.6 is 0 Å². The molecule has 0 aliphatic heterocycles. The van der Waals surface area contributed by atoms with E-state index in [4.69, 9.17) is 0 Å². The fraction of sp³-hybridized carbons (Fsp3) is 0.122. The van der Waals surface area contributed by atoms with Crippen molar-refractivity contribution in [3.05, 3.63) is 156 Å². The Kier molecular flexibility index (Phi) is 5.64. The third-order valence-electron chi connectivity index (χ3n) is 9.31. The van der Waals surface area contributed by atoms with Crippen molar-refractivity contribution in [2.75, 3.05) is 4.90 Å². The van der Waals surface area contributed by atoms with Gasteiger partial charge in [-0.2, -0.15) is 0 Å². The molecule has 0 radical (unpaired) electrons. The SMILES string of the molecule is Cc1ccc(N(c2ccc(C)cc2)c2ccc3c(c2)C(C)(C)c2cc4c5ccccc5n(-c5ccccc5)c4cc2-3)cc1. The summed E-state index contributed by atoms with van der Waals surface area (Å²) in [4.78, 5) is 2.38. The zero-order chi connectivity index (χ0) is 29.3. The summed E-state index contributed by atoms with van der Waals surface area (Å²) in [7, 11) is 0. The molecule has 1 aromatic heterocycles. The second-order valence-electron chi connectivity index (χ2n) is 12.5. The lowest BCUT2D eigenvalue weighted by molar-refractivity contribution is 0.661. The predicted octanol–water partition coefficient (Wildman–Crippen LogP) is 11.2. The minimum atomic E-state index is -0.142. The van der Waals surface area contributed by atoms with Gasteiger partial charge in [0.25, 0.3) is 0 Å². The topological polar surface area (TPSA) is 8.17 Å². The van der Waals surface area contributed by atoms with Crippen molar-refractivity contribution in [1.29, 1.82) is 0 Å². The molecule has 208 valence electrons. The number of para-hydroxylation sites is 2. The van der Waals surface area contributed by atoms with Gasteiger partial charge in [-0.25, -0.2) is 0 Å². The quantitative estimate of drug-likeness (QED) is 0.210. The van der Waals surface area contributed by atoms with Crippen LogP contribution in [0.2, 0.25) is 0 Å². The number of hydrogen-bond acceptors (Lipinski definition) is 1. The van der Waals surface area contributed by atoms with Crippen molar-refractivity contribution in [2.45, 2.75) is 33.1 Å². The number of hydrogen-bond donors (Lipinski definition) is 0. The van der Waals surface area contributed by atoms with Crippen LogP contribution in [-0.2, 0) is 5.41 Å². The first-order valence-electron chi connectivity index (χ1n) is 15.1. The van der Waals surface area contributed by atoms with Gasteiger partial charge < -0.3 is 9.47 Å². The molecule has 0 spiro atoms. The standard InChI is InChI=1S/C41H34N2/c1-27-14-18-30(19-15-27)42(31-20-16-28(2)17-21-31)32-22-23-33-35-26-40-36(25-38(35)41(3,4)37(33)24-32)34-12-8-9-13-39(34)43(40)29-10-6-5-7-11-29/h5-26H,1-4H3. The van der Waals surface area contributed by atoms with Crippen LogP contribution in [0.25, 0.3) is 38.6 Å². The van der Waals surface area contributed by atoms with E-state index in [2.05, 4.69) is 171 Å². The van der Waals surface area contributed by atoms with Gasteiger partial charge in [0, 0.05) is 38.9 Å². The van der Waals surface area contributed by atoms with E-state index in [1.807, 2.05) is 0 Å². The highest BCUT2D eigenvalue weighted by molar-refractivity contribution is 6.11. The summed E-state index contributed by atoms with van der Waals surface area (Å²) in [5.74, 6) is 0. The highest BCUT2D eigenvalue weighted by Crippen LogP contribution is 2.52. The van der Waals surface area contributed by atoms with Gasteiger partial charge in [-0.1, -0.05) is 91.7 Å². The third-order valence-corrected chi connectivity index (χ3v) is 9.31. The molecule has 0 saturated carbocycles. The van der Waals surface area contributed by atoms with Gasteiger partial charge in [-0.3, -0.25) is 0 Å². The molecular formula is C41H34N2. The van der Waals surface area contributed by atoms with E-state index in [1.165, 1.54) is 66.6 Å². The average molecular weight is 555 g/mol. The Balaban J connectivity index is 1.34. The summed E-state index contributed by atoms with van der Waals surface area (Å²) in [6, 6.07) is 49.2. The van der Waals surface area contributed by atoms with Crippen LogP contribution in [0.4, 0.5) is 17.1 Å². The Morgan fingerprint density at radius 1 is 0.488 bits per heavy atom. The number of aryl methyl sites for hydroxylation is 2. The first-order chi connectivity index (χ1) is 20.9. The molecule has 43 heavy (non-hydrogen) atoms. The number of rotatable bonds is 4. The van der Waals surface area contributed by atoms with E-state index < -0.39 is 0 Å².